The number of aromatic nitrogens is 1. The Balaban J connectivity index is 1.64. The molecule has 2 saturated heterocycles. The van der Waals surface area contributed by atoms with E-state index in [9.17, 15) is 10.1 Å². The summed E-state index contributed by atoms with van der Waals surface area (Å²) in [4.78, 5) is 21.3. The van der Waals surface area contributed by atoms with E-state index in [0.29, 0.717) is 24.5 Å². The highest BCUT2D eigenvalue weighted by molar-refractivity contribution is 5.77. The second-order valence-corrected chi connectivity index (χ2v) is 8.02. The molecule has 27 heavy (non-hydrogen) atoms. The molecule has 0 N–H and O–H groups in total. The molecule has 0 atom stereocenters. The number of carbonyl (C=O) groups excluding carboxylic acids is 1. The van der Waals surface area contributed by atoms with Gasteiger partial charge in [0.25, 0.3) is 0 Å². The Hall–Kier alpha value is -2.13. The lowest BCUT2D eigenvalue weighted by Crippen LogP contribution is -2.52. The number of methoxy groups -OCH3 is 1. The molecular formula is C21H30N4O2. The highest BCUT2D eigenvalue weighted by atomic mass is 16.5. The summed E-state index contributed by atoms with van der Waals surface area (Å²) >= 11 is 0. The van der Waals surface area contributed by atoms with E-state index in [1.54, 1.807) is 7.11 Å². The van der Waals surface area contributed by atoms with Crippen LogP contribution in [0.1, 0.15) is 48.9 Å². The number of nitrogens with zero attached hydrogens (tertiary/aromatic N) is 4. The van der Waals surface area contributed by atoms with Crippen LogP contribution >= 0.6 is 0 Å². The number of nitriles is 1. The van der Waals surface area contributed by atoms with Gasteiger partial charge in [-0.15, -0.1) is 0 Å². The lowest BCUT2D eigenvalue weighted by atomic mass is 9.72. The van der Waals surface area contributed by atoms with E-state index in [1.807, 2.05) is 24.8 Å². The van der Waals surface area contributed by atoms with Crippen LogP contribution in [0.5, 0.6) is 0 Å². The Morgan fingerprint density at radius 3 is 2.67 bits per heavy atom. The van der Waals surface area contributed by atoms with Crippen LogP contribution in [0.2, 0.25) is 0 Å². The van der Waals surface area contributed by atoms with E-state index in [1.165, 1.54) is 0 Å². The molecule has 0 saturated carbocycles. The minimum atomic E-state index is 0.244. The summed E-state index contributed by atoms with van der Waals surface area (Å²) in [6.07, 6.45) is 4.74. The normalized spacial score (nSPS) is 19.4. The van der Waals surface area contributed by atoms with Crippen molar-refractivity contribution in [3.8, 4) is 6.07 Å². The highest BCUT2D eigenvalue weighted by Gasteiger charge is 2.41. The standard InChI is InChI=1S/C21H30N4O2/c1-16-13-19(23-17(2)18(16)14-22)24-10-7-21(8-11-24)6-5-20(26)25(15-21)9-4-12-27-3/h13H,4-12,15H2,1-3H3. The summed E-state index contributed by atoms with van der Waals surface area (Å²) < 4.78 is 5.13. The SMILES string of the molecule is COCCCN1CC2(CCC1=O)CCN(c1cc(C)c(C#N)c(C)n1)CC2. The minimum Gasteiger partial charge on any atom is -0.385 e. The second-order valence-electron chi connectivity index (χ2n) is 8.02. The van der Waals surface area contributed by atoms with Crippen molar-refractivity contribution >= 4 is 11.7 Å². The number of piperidine rings is 2. The fourth-order valence-corrected chi connectivity index (χ4v) is 4.47. The number of amides is 1. The van der Waals surface area contributed by atoms with E-state index in [0.717, 1.165) is 68.9 Å². The number of hydrogen-bond acceptors (Lipinski definition) is 5. The van der Waals surface area contributed by atoms with Gasteiger partial charge in [0.15, 0.2) is 0 Å². The van der Waals surface area contributed by atoms with Gasteiger partial charge in [-0.1, -0.05) is 0 Å². The molecule has 2 aliphatic heterocycles. The van der Waals surface area contributed by atoms with Crippen LogP contribution < -0.4 is 4.90 Å². The van der Waals surface area contributed by atoms with Gasteiger partial charge in [-0.25, -0.2) is 4.98 Å². The first-order valence-electron chi connectivity index (χ1n) is 9.88. The van der Waals surface area contributed by atoms with Crippen molar-refractivity contribution in [1.82, 2.24) is 9.88 Å². The molecule has 0 aliphatic carbocycles. The third-order valence-corrected chi connectivity index (χ3v) is 6.17. The third kappa shape index (κ3) is 4.24. The Bertz CT molecular complexity index is 709. The summed E-state index contributed by atoms with van der Waals surface area (Å²) in [7, 11) is 1.70. The first-order valence-corrected chi connectivity index (χ1v) is 9.88. The molecule has 0 unspecified atom stereocenters. The number of aryl methyl sites for hydroxylation is 2. The summed E-state index contributed by atoms with van der Waals surface area (Å²) in [6.45, 7) is 8.18. The maximum atomic E-state index is 12.3. The smallest absolute Gasteiger partial charge is 0.222 e. The largest absolute Gasteiger partial charge is 0.385 e. The van der Waals surface area contributed by atoms with Crippen molar-refractivity contribution in [2.24, 2.45) is 5.41 Å². The van der Waals surface area contributed by atoms with Gasteiger partial charge in [0, 0.05) is 46.3 Å². The monoisotopic (exact) mass is 370 g/mol. The zero-order chi connectivity index (χ0) is 19.4. The molecule has 2 fully saturated rings. The minimum absolute atomic E-state index is 0.244. The van der Waals surface area contributed by atoms with Crippen LogP contribution in [0.15, 0.2) is 6.07 Å². The fraction of sp³-hybridized carbons (Fsp3) is 0.667. The molecule has 1 aromatic rings. The van der Waals surface area contributed by atoms with Crippen LogP contribution in [-0.2, 0) is 9.53 Å². The molecule has 1 spiro atoms. The van der Waals surface area contributed by atoms with E-state index in [-0.39, 0.29) is 5.41 Å². The zero-order valence-corrected chi connectivity index (χ0v) is 16.8. The van der Waals surface area contributed by atoms with Crippen LogP contribution in [0.25, 0.3) is 0 Å². The molecule has 6 heteroatoms. The number of ether oxygens (including phenoxy) is 1. The molecule has 6 nitrogen and oxygen atoms in total. The Morgan fingerprint density at radius 2 is 2.04 bits per heavy atom. The quantitative estimate of drug-likeness (QED) is 0.746. The van der Waals surface area contributed by atoms with Crippen molar-refractivity contribution in [2.45, 2.75) is 46.0 Å². The van der Waals surface area contributed by atoms with Gasteiger partial charge in [0.1, 0.15) is 11.9 Å². The van der Waals surface area contributed by atoms with E-state index >= 15 is 0 Å². The molecule has 1 aromatic heterocycles. The van der Waals surface area contributed by atoms with Gasteiger partial charge in [-0.05, 0) is 56.6 Å². The van der Waals surface area contributed by atoms with Gasteiger partial charge in [0.2, 0.25) is 5.91 Å². The van der Waals surface area contributed by atoms with Crippen molar-refractivity contribution in [3.63, 3.8) is 0 Å². The maximum Gasteiger partial charge on any atom is 0.222 e. The molecule has 3 rings (SSSR count). The fourth-order valence-electron chi connectivity index (χ4n) is 4.47. The summed E-state index contributed by atoms with van der Waals surface area (Å²) in [5.41, 5.74) is 2.73. The number of hydrogen-bond donors (Lipinski definition) is 0. The lowest BCUT2D eigenvalue weighted by Gasteiger charge is -2.47. The molecule has 146 valence electrons. The molecule has 3 heterocycles. The first kappa shape index (κ1) is 19.6. The molecule has 0 aromatic carbocycles. The van der Waals surface area contributed by atoms with Crippen LogP contribution in [0.3, 0.4) is 0 Å². The van der Waals surface area contributed by atoms with Gasteiger partial charge in [-0.2, -0.15) is 5.26 Å². The van der Waals surface area contributed by atoms with Crippen molar-refractivity contribution < 1.29 is 9.53 Å². The number of likely N-dealkylation sites (tertiary alicyclic amines) is 1. The number of rotatable bonds is 5. The van der Waals surface area contributed by atoms with Crippen molar-refractivity contribution in [2.75, 3.05) is 44.8 Å². The van der Waals surface area contributed by atoms with Gasteiger partial charge < -0.3 is 14.5 Å². The summed E-state index contributed by atoms with van der Waals surface area (Å²) in [5, 5.41) is 9.25. The number of anilines is 1. The highest BCUT2D eigenvalue weighted by Crippen LogP contribution is 2.41. The zero-order valence-electron chi connectivity index (χ0n) is 16.8. The van der Waals surface area contributed by atoms with Gasteiger partial charge in [-0.3, -0.25) is 4.79 Å². The average Bonchev–Trinajstić information content (AvgIpc) is 2.65. The third-order valence-electron chi connectivity index (χ3n) is 6.17. The predicted molar refractivity (Wildman–Crippen MR) is 105 cm³/mol. The topological polar surface area (TPSA) is 69.5 Å². The van der Waals surface area contributed by atoms with Gasteiger partial charge in [0.05, 0.1) is 11.3 Å². The van der Waals surface area contributed by atoms with Crippen LogP contribution in [0.4, 0.5) is 5.82 Å². The summed E-state index contributed by atoms with van der Waals surface area (Å²) in [5.74, 6) is 1.27. The van der Waals surface area contributed by atoms with Gasteiger partial charge >= 0.3 is 0 Å². The van der Waals surface area contributed by atoms with Crippen LogP contribution in [0, 0.1) is 30.6 Å². The van der Waals surface area contributed by atoms with E-state index in [4.69, 9.17) is 4.74 Å². The van der Waals surface area contributed by atoms with Crippen molar-refractivity contribution in [3.05, 3.63) is 22.9 Å². The van der Waals surface area contributed by atoms with E-state index < -0.39 is 0 Å². The van der Waals surface area contributed by atoms with Crippen molar-refractivity contribution in [1.29, 1.82) is 5.26 Å². The molecule has 2 aliphatic rings. The average molecular weight is 370 g/mol. The second kappa shape index (κ2) is 8.26. The molecule has 1 amide bonds. The Kier molecular flexibility index (Phi) is 6.01. The number of carbonyl (C=O) groups is 1. The van der Waals surface area contributed by atoms with E-state index in [2.05, 4.69) is 16.0 Å². The molecule has 0 bridgehead atoms. The summed E-state index contributed by atoms with van der Waals surface area (Å²) in [6, 6.07) is 4.28. The Labute approximate surface area is 162 Å². The van der Waals surface area contributed by atoms with Crippen LogP contribution in [-0.4, -0.2) is 55.7 Å². The number of pyridine rings is 1. The Morgan fingerprint density at radius 1 is 1.30 bits per heavy atom. The molecule has 0 radical (unpaired) electrons. The first-order chi connectivity index (χ1) is 13.0. The predicted octanol–water partition coefficient (Wildman–Crippen LogP) is 2.82. The lowest BCUT2D eigenvalue weighted by molar-refractivity contribution is -0.138. The maximum absolute atomic E-state index is 12.3. The molecular weight excluding hydrogens is 340 g/mol.